The number of alkyl halides is 2. The molecule has 5 heterocycles. The normalized spacial score (nSPS) is 14.0. The number of hydrogen-bond donors (Lipinski definition) is 6. The second-order valence-corrected chi connectivity index (χ2v) is 22.4. The number of halogens is 2. The molecule has 26 heteroatoms. The van der Waals surface area contributed by atoms with E-state index in [-0.39, 0.29) is 68.6 Å². The van der Waals surface area contributed by atoms with E-state index in [4.69, 9.17) is 19.9 Å². The van der Waals surface area contributed by atoms with Crippen LogP contribution in [0.15, 0.2) is 104 Å². The summed E-state index contributed by atoms with van der Waals surface area (Å²) in [5.41, 5.74) is 13.8. The third-order valence-electron chi connectivity index (χ3n) is 13.3. The fourth-order valence-corrected chi connectivity index (χ4v) is 10.8. The number of likely N-dealkylation sites (tertiary alicyclic amines) is 1. The van der Waals surface area contributed by atoms with Crippen molar-refractivity contribution in [3.05, 3.63) is 132 Å². The number of nitrogens with zero attached hydrogens (tertiary/aromatic N) is 6. The highest BCUT2D eigenvalue weighted by molar-refractivity contribution is 8.76. The number of nitrogen functional groups attached to an aromatic ring is 1. The predicted molar refractivity (Wildman–Crippen MR) is 315 cm³/mol. The smallest absolute Gasteiger partial charge is 0.480 e. The molecule has 7 N–H and O–H groups in total. The summed E-state index contributed by atoms with van der Waals surface area (Å²) in [5, 5.41) is 23.4. The number of nitriles is 1. The van der Waals surface area contributed by atoms with Crippen LogP contribution in [0, 0.1) is 18.3 Å². The van der Waals surface area contributed by atoms with Crippen molar-refractivity contribution in [2.75, 3.05) is 50.6 Å². The zero-order chi connectivity index (χ0) is 60.9. The fourth-order valence-electron chi connectivity index (χ4n) is 8.78. The monoisotopic (exact) mass is 1200 g/mol. The number of pyridine rings is 4. The van der Waals surface area contributed by atoms with Crippen LogP contribution in [0.25, 0.3) is 33.2 Å². The Hall–Kier alpha value is -8.96. The third-order valence-corrected chi connectivity index (χ3v) is 15.6. The van der Waals surface area contributed by atoms with Gasteiger partial charge in [0.1, 0.15) is 31.3 Å². The summed E-state index contributed by atoms with van der Waals surface area (Å²) in [6.07, 6.45) is 5.78. The number of benzene rings is 2. The zero-order valence-corrected chi connectivity index (χ0v) is 48.5. The van der Waals surface area contributed by atoms with Gasteiger partial charge in [0.2, 0.25) is 35.4 Å². The molecular weight excluding hydrogens is 1140 g/mol. The van der Waals surface area contributed by atoms with Crippen LogP contribution in [0.1, 0.15) is 71.9 Å². The van der Waals surface area contributed by atoms with E-state index in [0.29, 0.717) is 35.9 Å². The number of fused-ring (bicyclic) bond motifs is 1. The molecule has 0 radical (unpaired) electrons. The molecule has 2 unspecified atom stereocenters. The van der Waals surface area contributed by atoms with Crippen molar-refractivity contribution in [1.82, 2.24) is 51.4 Å². The SMILES string of the molecule is COc1ncc(-c2ccc3nccc(-c4ccc(COC(=O)OCCSSCC(NC(=O)CCC(=O)NCc5cc(C(=O)NC(C)C(=O)N6CC(F)(F)C[C@H]6C#N)ccn5)C(=O)NCCNC(=O)CCCc5ccc(C)cc5)nc4)c3c2)cc1N. The maximum absolute atomic E-state index is 13.9. The minimum atomic E-state index is -3.22. The Morgan fingerprint density at radius 1 is 0.800 bits per heavy atom. The number of anilines is 1. The van der Waals surface area contributed by atoms with Gasteiger partial charge < -0.3 is 51.4 Å². The van der Waals surface area contributed by atoms with Crippen LogP contribution in [0.3, 0.4) is 0 Å². The molecule has 446 valence electrons. The maximum atomic E-state index is 13.9. The average molecular weight is 1200 g/mol. The van der Waals surface area contributed by atoms with Gasteiger partial charge in [0.15, 0.2) is 0 Å². The number of ether oxygens (including phenoxy) is 3. The number of rotatable bonds is 28. The van der Waals surface area contributed by atoms with Crippen molar-refractivity contribution in [3.8, 4) is 34.2 Å². The van der Waals surface area contributed by atoms with Gasteiger partial charge in [-0.25, -0.2) is 18.6 Å². The van der Waals surface area contributed by atoms with Gasteiger partial charge >= 0.3 is 6.16 Å². The molecule has 2 aromatic carbocycles. The topological polar surface area (TPSA) is 312 Å². The molecule has 1 aliphatic rings. The van der Waals surface area contributed by atoms with Crippen LogP contribution in [0.2, 0.25) is 0 Å². The van der Waals surface area contributed by atoms with E-state index in [0.717, 1.165) is 55.6 Å². The van der Waals surface area contributed by atoms with Crippen molar-refractivity contribution in [1.29, 1.82) is 5.26 Å². The quantitative estimate of drug-likeness (QED) is 0.0176. The number of aromatic nitrogens is 4. The van der Waals surface area contributed by atoms with Crippen molar-refractivity contribution in [3.63, 3.8) is 0 Å². The first-order valence-electron chi connectivity index (χ1n) is 27.1. The Balaban J connectivity index is 0.840. The standard InChI is InChI=1S/C59H64F2N12O10S2/c1-36-7-9-38(10-8-36)5-4-6-51(74)66-21-22-67-55(78)50(72-53(76)16-15-52(75)69-32-44-25-40(17-19-64-44)54(77)71-37(2)57(79)73-35-59(60,61)28-45(73)29-62)34-85-84-24-23-82-58(80)83-33-43-13-11-41(30-68-43)46-18-20-65-49-14-12-39(26-47(46)49)42-27-48(63)56(81-3)70-31-42/h7-14,17-20,25-27,30-31,37,45,50H,4-6,15-16,21-24,28,32-35,63H2,1-3H3,(H,66,74)(H,67,78)(H,69,75)(H,71,77)(H,72,76)/t37?,45-,50?/m0/s1. The lowest BCUT2D eigenvalue weighted by Crippen LogP contribution is -2.49. The Morgan fingerprint density at radius 2 is 1.54 bits per heavy atom. The largest absolute Gasteiger partial charge is 0.508 e. The van der Waals surface area contributed by atoms with E-state index in [2.05, 4.69) is 46.5 Å². The lowest BCUT2D eigenvalue weighted by molar-refractivity contribution is -0.134. The number of nitrogens with two attached hydrogens (primary N) is 1. The summed E-state index contributed by atoms with van der Waals surface area (Å²) in [6.45, 7) is 2.27. The Kier molecular flexibility index (Phi) is 23.3. The second kappa shape index (κ2) is 31.1. The fraction of sp³-hybridized carbons (Fsp3) is 0.356. The first-order chi connectivity index (χ1) is 40.9. The highest BCUT2D eigenvalue weighted by Crippen LogP contribution is 2.34. The van der Waals surface area contributed by atoms with Crippen LogP contribution in [0.5, 0.6) is 5.88 Å². The van der Waals surface area contributed by atoms with Crippen molar-refractivity contribution in [2.45, 2.75) is 89.6 Å². The summed E-state index contributed by atoms with van der Waals surface area (Å²) >= 11 is 0. The summed E-state index contributed by atoms with van der Waals surface area (Å²) in [7, 11) is 4.01. The number of hydrogen-bond acceptors (Lipinski definition) is 18. The molecular formula is C59H64F2N12O10S2. The van der Waals surface area contributed by atoms with E-state index in [1.54, 1.807) is 36.8 Å². The molecule has 0 spiro atoms. The molecule has 1 aliphatic heterocycles. The molecule has 0 bridgehead atoms. The first-order valence-corrected chi connectivity index (χ1v) is 29.5. The van der Waals surface area contributed by atoms with E-state index in [9.17, 15) is 47.6 Å². The molecule has 1 fully saturated rings. The molecule has 85 heavy (non-hydrogen) atoms. The number of methoxy groups -OCH3 is 1. The molecule has 4 aromatic heterocycles. The number of amides is 6. The van der Waals surface area contributed by atoms with Crippen molar-refractivity contribution < 1.29 is 56.6 Å². The molecule has 22 nitrogen and oxygen atoms in total. The summed E-state index contributed by atoms with van der Waals surface area (Å²) in [5.74, 6) is -5.92. The van der Waals surface area contributed by atoms with Crippen molar-refractivity contribution in [2.24, 2.45) is 0 Å². The van der Waals surface area contributed by atoms with Gasteiger partial charge in [-0.2, -0.15) is 5.26 Å². The highest BCUT2D eigenvalue weighted by Gasteiger charge is 2.48. The first kappa shape index (κ1) is 63.6. The molecule has 6 amide bonds. The molecule has 7 rings (SSSR count). The van der Waals surface area contributed by atoms with Gasteiger partial charge in [0, 0.05) is 97.1 Å². The van der Waals surface area contributed by atoms with E-state index >= 15 is 0 Å². The van der Waals surface area contributed by atoms with Gasteiger partial charge in [-0.1, -0.05) is 63.5 Å². The lowest BCUT2D eigenvalue weighted by Gasteiger charge is -2.23. The summed E-state index contributed by atoms with van der Waals surface area (Å²) < 4.78 is 43.7. The molecule has 6 aromatic rings. The zero-order valence-electron chi connectivity index (χ0n) is 46.9. The number of nitrogens with one attached hydrogen (secondary N) is 5. The van der Waals surface area contributed by atoms with Crippen molar-refractivity contribution >= 4 is 79.8 Å². The van der Waals surface area contributed by atoms with Crippen LogP contribution in [-0.4, -0.2) is 135 Å². The third kappa shape index (κ3) is 19.3. The molecule has 1 saturated heterocycles. The predicted octanol–water partition coefficient (Wildman–Crippen LogP) is 6.40. The molecule has 0 aliphatic carbocycles. The average Bonchev–Trinajstić information content (AvgIpc) is 3.85. The van der Waals surface area contributed by atoms with E-state index in [1.807, 2.05) is 61.5 Å². The van der Waals surface area contributed by atoms with Gasteiger partial charge in [-0.05, 0) is 85.8 Å². The minimum Gasteiger partial charge on any atom is -0.480 e. The Labute approximate surface area is 496 Å². The number of carbonyl (C=O) groups is 7. The summed E-state index contributed by atoms with van der Waals surface area (Å²) in [4.78, 5) is 109. The minimum absolute atomic E-state index is 0.0371. The number of carbonyl (C=O) groups excluding carboxylic acids is 7. The Morgan fingerprint density at radius 3 is 2.29 bits per heavy atom. The van der Waals surface area contributed by atoms with Gasteiger partial charge in [-0.3, -0.25) is 43.7 Å². The van der Waals surface area contributed by atoms with Crippen LogP contribution >= 0.6 is 21.6 Å². The second-order valence-electron chi connectivity index (χ2n) is 19.7. The van der Waals surface area contributed by atoms with Gasteiger partial charge in [0.25, 0.3) is 11.8 Å². The summed E-state index contributed by atoms with van der Waals surface area (Å²) in [6, 6.07) is 22.0. The lowest BCUT2D eigenvalue weighted by atomic mass is 9.98. The Bertz CT molecular complexity index is 3390. The number of aryl methyl sites for hydroxylation is 2. The molecule has 0 saturated carbocycles. The van der Waals surface area contributed by atoms with Crippen LogP contribution < -0.4 is 37.1 Å². The van der Waals surface area contributed by atoms with E-state index in [1.165, 1.54) is 54.0 Å². The van der Waals surface area contributed by atoms with E-state index < -0.39 is 72.7 Å². The van der Waals surface area contributed by atoms with Crippen LogP contribution in [-0.2, 0) is 53.0 Å². The molecule has 3 atom stereocenters. The highest BCUT2D eigenvalue weighted by atomic mass is 33.1. The van der Waals surface area contributed by atoms with Gasteiger partial charge in [-0.15, -0.1) is 0 Å². The maximum Gasteiger partial charge on any atom is 0.508 e. The van der Waals surface area contributed by atoms with Crippen LogP contribution in [0.4, 0.5) is 19.3 Å². The van der Waals surface area contributed by atoms with Gasteiger partial charge in [0.05, 0.1) is 48.9 Å².